The summed E-state index contributed by atoms with van der Waals surface area (Å²) in [6.07, 6.45) is 22.8. The van der Waals surface area contributed by atoms with E-state index in [2.05, 4.69) is 248 Å². The molecule has 0 aliphatic carbocycles. The molecule has 0 unspecified atom stereocenters. The minimum absolute atomic E-state index is 0. The molecule has 4 radical (unpaired) electrons. The average Bonchev–Trinajstić information content (AvgIpc) is 1.66. The zero-order chi connectivity index (χ0) is 77.0. The van der Waals surface area contributed by atoms with E-state index in [-0.39, 0.29) is 143 Å². The Morgan fingerprint density at radius 1 is 0.282 bits per heavy atom. The molecule has 0 saturated heterocycles. The van der Waals surface area contributed by atoms with E-state index in [1.807, 2.05) is 109 Å². The van der Waals surface area contributed by atoms with E-state index < -0.39 is 0 Å². The first-order valence-electron chi connectivity index (χ1n) is 35.1. The molecule has 0 aliphatic rings. The normalized spacial score (nSPS) is 11.5. The fourth-order valence-corrected chi connectivity index (χ4v) is 22.5. The van der Waals surface area contributed by atoms with Gasteiger partial charge < -0.3 is 59.8 Å². The van der Waals surface area contributed by atoms with E-state index in [0.717, 1.165) is 44.3 Å². The predicted octanol–water partition coefficient (Wildman–Crippen LogP) is 18.0. The summed E-state index contributed by atoms with van der Waals surface area (Å²) in [4.78, 5) is 83.9. The summed E-state index contributed by atoms with van der Waals surface area (Å²) in [5, 5.41) is 14.6. The molecule has 0 saturated carbocycles. The van der Waals surface area contributed by atoms with Crippen LogP contribution in [0.5, 0.6) is 0 Å². The number of fused-ring (bicyclic) bond motifs is 6. The summed E-state index contributed by atoms with van der Waals surface area (Å²) in [6.45, 7) is 51.9. The maximum Gasteiger partial charge on any atom is 1.00 e. The molecule has 0 amide bonds. The number of hydrogen-bond donors (Lipinski definition) is 0. The molecule has 0 atom stereocenters. The molecule has 20 nitrogen and oxygen atoms in total. The van der Waals surface area contributed by atoms with Crippen molar-refractivity contribution in [2.24, 2.45) is 0 Å². The van der Waals surface area contributed by atoms with Crippen molar-refractivity contribution in [1.29, 1.82) is 0 Å². The van der Waals surface area contributed by atoms with Gasteiger partial charge >= 0.3 is 79.2 Å². The van der Waals surface area contributed by atoms with Crippen molar-refractivity contribution in [2.75, 3.05) is 119 Å². The van der Waals surface area contributed by atoms with Gasteiger partial charge in [-0.25, -0.2) is 0 Å². The molecule has 0 fully saturated rings. The zero-order valence-corrected chi connectivity index (χ0v) is 85.1. The van der Waals surface area contributed by atoms with Crippen LogP contribution in [0.15, 0.2) is 204 Å². The van der Waals surface area contributed by atoms with E-state index in [1.165, 1.54) is 25.0 Å². The Kier molecular flexibility index (Phi) is 46.0. The predicted molar refractivity (Wildman–Crippen MR) is 477 cm³/mol. The van der Waals surface area contributed by atoms with Gasteiger partial charge in [-0.05, 0) is 117 Å². The van der Waals surface area contributed by atoms with E-state index in [1.54, 1.807) is 81.5 Å². The van der Waals surface area contributed by atoms with Gasteiger partial charge in [0, 0.05) is 204 Å². The molecular weight excluding hydrogens is 2230 g/mol. The molecule has 32 heteroatoms. The van der Waals surface area contributed by atoms with Crippen LogP contribution in [0.2, 0.25) is 0 Å². The Bertz CT molecular complexity index is 4610. The van der Waals surface area contributed by atoms with Gasteiger partial charge in [-0.15, -0.1) is 0 Å². The Hall–Kier alpha value is -5.03. The number of pyridine rings is 4. The second-order valence-corrected chi connectivity index (χ2v) is 49.3. The molecule has 0 aliphatic heterocycles. The third-order valence-electron chi connectivity index (χ3n) is 17.2. The number of rotatable bonds is 13. The Morgan fingerprint density at radius 3 is 0.873 bits per heavy atom. The summed E-state index contributed by atoms with van der Waals surface area (Å²) < 4.78 is 0. The maximum atomic E-state index is 4.40. The molecular formula is C78H106N20Os4P8+8. The van der Waals surface area contributed by atoms with Crippen LogP contribution >= 0.6 is 63.4 Å². The van der Waals surface area contributed by atoms with Crippen LogP contribution in [0.1, 0.15) is 41.5 Å². The molecule has 2 aromatic carbocycles. The quantitative estimate of drug-likeness (QED) is 0.0971. The number of imidazole rings is 4. The Morgan fingerprint density at radius 2 is 0.573 bits per heavy atom. The number of nitrogens with zero attached hydrogens (tertiary/aromatic N) is 20. The molecule has 12 aromatic heterocycles. The van der Waals surface area contributed by atoms with Gasteiger partial charge in [0.1, 0.15) is 31.9 Å². The van der Waals surface area contributed by atoms with Gasteiger partial charge in [0.25, 0.3) is 0 Å². The molecule has 12 heterocycles. The number of benzene rings is 2. The number of allylic oxidation sites excluding steroid dienone is 6. The number of hydrogen-bond acceptors (Lipinski definition) is 16. The van der Waals surface area contributed by atoms with Crippen molar-refractivity contribution >= 4 is 130 Å². The van der Waals surface area contributed by atoms with Gasteiger partial charge in [0.05, 0.1) is 126 Å². The minimum Gasteiger partial charge on any atom is -0.365 e. The van der Waals surface area contributed by atoms with E-state index in [9.17, 15) is 0 Å². The van der Waals surface area contributed by atoms with Crippen LogP contribution in [0.25, 0.3) is 113 Å². The van der Waals surface area contributed by atoms with Crippen LogP contribution in [-0.4, -0.2) is 199 Å². The first-order valence-corrected chi connectivity index (χ1v) is 55.5. The van der Waals surface area contributed by atoms with Gasteiger partial charge in [0.2, 0.25) is 0 Å². The van der Waals surface area contributed by atoms with Crippen LogP contribution in [0.4, 0.5) is 0 Å². The van der Waals surface area contributed by atoms with E-state index in [0.29, 0.717) is 68.2 Å². The van der Waals surface area contributed by atoms with Crippen molar-refractivity contribution in [3.05, 3.63) is 204 Å². The van der Waals surface area contributed by atoms with E-state index in [4.69, 9.17) is 0 Å². The van der Waals surface area contributed by atoms with Gasteiger partial charge in [-0.3, -0.25) is 39.9 Å². The van der Waals surface area contributed by atoms with Crippen LogP contribution < -0.4 is 19.9 Å². The van der Waals surface area contributed by atoms with Crippen molar-refractivity contribution in [3.63, 3.8) is 0 Å². The van der Waals surface area contributed by atoms with Gasteiger partial charge in [0.15, 0.2) is 0 Å². The first-order chi connectivity index (χ1) is 50.7. The fourth-order valence-electron chi connectivity index (χ4n) is 9.46. The smallest absolute Gasteiger partial charge is 0.365 e. The summed E-state index contributed by atoms with van der Waals surface area (Å²) >= 11 is 0. The summed E-state index contributed by atoms with van der Waals surface area (Å²) in [7, 11) is -0.715. The van der Waals surface area contributed by atoms with Crippen molar-refractivity contribution in [2.45, 2.75) is 41.5 Å². The second-order valence-electron chi connectivity index (χ2n) is 27.0. The van der Waals surface area contributed by atoms with Gasteiger partial charge in [-0.1, -0.05) is 60.7 Å². The molecule has 110 heavy (non-hydrogen) atoms. The topological polar surface area (TPSA) is 263 Å². The summed E-state index contributed by atoms with van der Waals surface area (Å²) in [5.41, 5.74) is 7.75. The fraction of sp³-hybridized carbons (Fsp3) is 0.308. The Balaban J connectivity index is 0.000000330. The molecule has 0 N–H and O–H groups in total. The zero-order valence-electron chi connectivity index (χ0n) is 66.9. The molecule has 0 spiro atoms. The standard InChI is InChI=1S/2C14H8N5.2C10H6N5.3C8H18P2.C6H16P2.4Os/c1-2-4-10-6-16-11(5-9(10)3-1)14-18-12-7-15-8-17-13(12)19-14;1-2-4-10-8-17-11(7-9(10)3-1)12-18-13-14(19-12)16-6-5-15-13;1-2-4-12-7(3-1)10-14-8-5-11-6-13-9(8)15-10;1-2-4-11-7(3-1)8-14-9-10(15-8)13-6-5-12-9;3*1-7(9(3)4)8(2)10(5)6;1-7(2)5-6-8(3)4;;;;/h2*1-8H;2*1-6H;3*1-6H3;5-6H2,1-4H3;;;;/q4*-1;;;;;4*+1/p+8. The molecule has 14 aromatic rings. The molecule has 14 rings (SSSR count). The van der Waals surface area contributed by atoms with Crippen LogP contribution in [0, 0.1) is 0 Å². The summed E-state index contributed by atoms with van der Waals surface area (Å²) in [5.74, 6) is 2.30. The van der Waals surface area contributed by atoms with Crippen LogP contribution in [-0.2, 0) is 79.2 Å². The molecule has 0 bridgehead atoms. The first kappa shape index (κ1) is 99.2. The van der Waals surface area contributed by atoms with Crippen molar-refractivity contribution in [1.82, 2.24) is 99.7 Å². The van der Waals surface area contributed by atoms with Gasteiger partial charge in [-0.2, -0.15) is 0 Å². The molecule has 582 valence electrons. The third-order valence-corrected chi connectivity index (χ3v) is 32.2. The van der Waals surface area contributed by atoms with E-state index >= 15 is 0 Å². The largest absolute Gasteiger partial charge is 1.00 e. The van der Waals surface area contributed by atoms with Crippen molar-refractivity contribution < 1.29 is 79.2 Å². The Labute approximate surface area is 712 Å². The second kappa shape index (κ2) is 51.0. The number of aromatic nitrogens is 20. The summed E-state index contributed by atoms with van der Waals surface area (Å²) in [6, 6.07) is 31.3. The minimum atomic E-state index is -0.151. The van der Waals surface area contributed by atoms with Crippen LogP contribution in [0.3, 0.4) is 0 Å². The maximum absolute atomic E-state index is 4.40. The van der Waals surface area contributed by atoms with Crippen molar-refractivity contribution in [3.8, 4) is 46.1 Å². The average molecular weight is 2330 g/mol. The third kappa shape index (κ3) is 31.6. The monoisotopic (exact) mass is 2340 g/mol. The SMILES string of the molecule is CC(=C(C)[PH+](C)C)[PH+](C)C.CC(=C(C)[PH+](C)C)[PH+](C)C.CC(=C(C)[PH+](C)C)[PH+](C)C.C[PH+](C)CC[PH+](C)C.[Os+].[Os+].[Os+].[Os+].c1ccc(-c2nc3cncnc3[n-]2)nc1.c1ccc(-c2nc3nccnc3[n-]2)nc1.c1ccc2cc(-c3nc4cncnc4[n-]3)ncc2c1.c1ccc2cc(-c3nc4nccnc4[n-]3)ncc2c1.